The maximum Gasteiger partial charge on any atom is 0.259 e. The molecule has 1 aromatic heterocycles. The smallest absolute Gasteiger partial charge is 0.259 e. The molecule has 2 aromatic rings. The zero-order valence-electron chi connectivity index (χ0n) is 22.4. The van der Waals surface area contributed by atoms with Crippen molar-refractivity contribution in [3.8, 4) is 17.7 Å². The lowest BCUT2D eigenvalue weighted by Gasteiger charge is -2.38. The second kappa shape index (κ2) is 12.9. The molecule has 1 aromatic carbocycles. The van der Waals surface area contributed by atoms with Gasteiger partial charge >= 0.3 is 0 Å². The van der Waals surface area contributed by atoms with Crippen LogP contribution in [0.4, 0.5) is 0 Å². The summed E-state index contributed by atoms with van der Waals surface area (Å²) >= 11 is 0. The van der Waals surface area contributed by atoms with Crippen molar-refractivity contribution in [1.82, 2.24) is 14.8 Å². The molecule has 202 valence electrons. The third kappa shape index (κ3) is 6.72. The van der Waals surface area contributed by atoms with Crippen molar-refractivity contribution < 1.29 is 24.2 Å². The van der Waals surface area contributed by atoms with E-state index in [0.29, 0.717) is 43.9 Å². The lowest BCUT2D eigenvalue weighted by Crippen LogP contribution is -2.51. The number of fused-ring (bicyclic) bond motifs is 1. The van der Waals surface area contributed by atoms with Crippen molar-refractivity contribution in [3.63, 3.8) is 0 Å². The van der Waals surface area contributed by atoms with Crippen molar-refractivity contribution in [2.24, 2.45) is 11.8 Å². The first-order chi connectivity index (χ1) is 18.4. The summed E-state index contributed by atoms with van der Waals surface area (Å²) in [5, 5.41) is 9.88. The number of likely N-dealkylation sites (N-methyl/N-ethyl adjacent to an activating group) is 1. The quantitative estimate of drug-likeness (QED) is 0.590. The Morgan fingerprint density at radius 3 is 2.71 bits per heavy atom. The number of hydrogen-bond donors (Lipinski definition) is 1. The average molecular weight is 520 g/mol. The maximum atomic E-state index is 13.6. The summed E-state index contributed by atoms with van der Waals surface area (Å²) in [6.45, 7) is 5.61. The number of amides is 2. The molecule has 0 unspecified atom stereocenters. The van der Waals surface area contributed by atoms with E-state index in [2.05, 4.69) is 16.8 Å². The number of nitrogens with zero attached hydrogens (tertiary/aromatic N) is 3. The highest BCUT2D eigenvalue weighted by Crippen LogP contribution is 2.28. The summed E-state index contributed by atoms with van der Waals surface area (Å²) in [5.74, 6) is 6.17. The van der Waals surface area contributed by atoms with Crippen molar-refractivity contribution in [2.75, 3.05) is 40.0 Å². The lowest BCUT2D eigenvalue weighted by molar-refractivity contribution is -0.138. The molecule has 8 heteroatoms. The number of carbonyl (C=O) groups excluding carboxylic acids is 2. The molecule has 0 spiro atoms. The maximum absolute atomic E-state index is 13.6. The van der Waals surface area contributed by atoms with Gasteiger partial charge in [0.1, 0.15) is 11.7 Å². The Bertz CT molecular complexity index is 1170. The highest BCUT2D eigenvalue weighted by atomic mass is 16.5. The highest BCUT2D eigenvalue weighted by Gasteiger charge is 2.35. The first-order valence-electron chi connectivity index (χ1n) is 13.3. The van der Waals surface area contributed by atoms with Crippen molar-refractivity contribution in [2.45, 2.75) is 45.3 Å². The molecule has 0 radical (unpaired) electrons. The van der Waals surface area contributed by atoms with Gasteiger partial charge in [-0.3, -0.25) is 9.59 Å². The molecule has 0 saturated carbocycles. The summed E-state index contributed by atoms with van der Waals surface area (Å²) in [4.78, 5) is 34.6. The zero-order valence-corrected chi connectivity index (χ0v) is 22.4. The van der Waals surface area contributed by atoms with Gasteiger partial charge in [-0.1, -0.05) is 49.1 Å². The van der Waals surface area contributed by atoms with Crippen LogP contribution in [0.3, 0.4) is 0 Å². The lowest BCUT2D eigenvalue weighted by atomic mass is 9.97. The summed E-state index contributed by atoms with van der Waals surface area (Å²) in [7, 11) is 1.80. The Morgan fingerprint density at radius 1 is 1.26 bits per heavy atom. The van der Waals surface area contributed by atoms with Crippen LogP contribution >= 0.6 is 0 Å². The molecule has 2 aliphatic heterocycles. The van der Waals surface area contributed by atoms with Crippen LogP contribution in [0.25, 0.3) is 0 Å². The molecule has 8 nitrogen and oxygen atoms in total. The Labute approximate surface area is 224 Å². The molecule has 4 rings (SSSR count). The van der Waals surface area contributed by atoms with Crippen LogP contribution in [0.2, 0.25) is 0 Å². The van der Waals surface area contributed by atoms with E-state index in [0.717, 1.165) is 18.4 Å². The van der Waals surface area contributed by atoms with E-state index in [1.54, 1.807) is 29.1 Å². The predicted molar refractivity (Wildman–Crippen MR) is 144 cm³/mol. The van der Waals surface area contributed by atoms with Gasteiger partial charge < -0.3 is 24.4 Å². The van der Waals surface area contributed by atoms with Gasteiger partial charge in [0.25, 0.3) is 5.91 Å². The van der Waals surface area contributed by atoms with Crippen LogP contribution < -0.4 is 4.74 Å². The highest BCUT2D eigenvalue weighted by molar-refractivity contribution is 5.97. The number of hydrogen-bond acceptors (Lipinski definition) is 6. The molecule has 2 amide bonds. The minimum Gasteiger partial charge on any atom is -0.472 e. The second-order valence-corrected chi connectivity index (χ2v) is 10.3. The van der Waals surface area contributed by atoms with Gasteiger partial charge in [0.05, 0.1) is 19.2 Å². The fourth-order valence-electron chi connectivity index (χ4n) is 4.85. The fraction of sp³-hybridized carbons (Fsp3) is 0.500. The van der Waals surface area contributed by atoms with Gasteiger partial charge in [0.2, 0.25) is 11.8 Å². The number of aliphatic hydroxyl groups is 1. The largest absolute Gasteiger partial charge is 0.472 e. The predicted octanol–water partition coefficient (Wildman–Crippen LogP) is 2.78. The number of rotatable bonds is 6. The fourth-order valence-corrected chi connectivity index (χ4v) is 4.85. The molecule has 1 fully saturated rings. The number of aliphatic hydroxyl groups excluding tert-OH is 1. The van der Waals surface area contributed by atoms with Crippen LogP contribution in [0, 0.1) is 23.7 Å². The number of benzene rings is 1. The van der Waals surface area contributed by atoms with Crippen molar-refractivity contribution in [1.29, 1.82) is 0 Å². The molecular weight excluding hydrogens is 482 g/mol. The third-order valence-electron chi connectivity index (χ3n) is 7.29. The van der Waals surface area contributed by atoms with Gasteiger partial charge in [-0.25, -0.2) is 4.98 Å². The van der Waals surface area contributed by atoms with Crippen molar-refractivity contribution in [3.05, 3.63) is 59.3 Å². The van der Waals surface area contributed by atoms with E-state index in [9.17, 15) is 14.7 Å². The standard InChI is InChI=1S/C30H37N3O5/c1-21-18-33(22(2)20-34)30(36)26-16-24(11-7-10-23-8-5-4-6-9-23)17-31-28(26)38-27(21)19-32(3)29(35)25-12-14-37-15-13-25/h4-6,8-9,16-17,21-22,25,27,34H,10,12-15,18-20H2,1-3H3/t21-,22-,27-/m1/s1. The van der Waals surface area contributed by atoms with E-state index in [-0.39, 0.29) is 48.3 Å². The van der Waals surface area contributed by atoms with Crippen LogP contribution in [0.15, 0.2) is 42.6 Å². The molecule has 1 saturated heterocycles. The van der Waals surface area contributed by atoms with Gasteiger partial charge in [0.15, 0.2) is 0 Å². The van der Waals surface area contributed by atoms with Gasteiger partial charge in [-0.2, -0.15) is 0 Å². The summed E-state index contributed by atoms with van der Waals surface area (Å²) in [6, 6.07) is 11.3. The van der Waals surface area contributed by atoms with Gasteiger partial charge in [-0.15, -0.1) is 0 Å². The Hall–Kier alpha value is -3.41. The molecule has 0 bridgehead atoms. The molecular formula is C30H37N3O5. The van der Waals surface area contributed by atoms with Crippen LogP contribution in [0.1, 0.15) is 48.2 Å². The monoisotopic (exact) mass is 519 g/mol. The molecule has 3 atom stereocenters. The number of carbonyl (C=O) groups is 2. The van der Waals surface area contributed by atoms with E-state index in [1.165, 1.54) is 0 Å². The molecule has 1 N–H and O–H groups in total. The first kappa shape index (κ1) is 27.6. The van der Waals surface area contributed by atoms with Crippen molar-refractivity contribution >= 4 is 11.8 Å². The minimum atomic E-state index is -0.383. The molecule has 3 heterocycles. The van der Waals surface area contributed by atoms with Gasteiger partial charge in [0, 0.05) is 56.8 Å². The van der Waals surface area contributed by atoms with E-state index >= 15 is 0 Å². The second-order valence-electron chi connectivity index (χ2n) is 10.3. The molecule has 38 heavy (non-hydrogen) atoms. The third-order valence-corrected chi connectivity index (χ3v) is 7.29. The topological polar surface area (TPSA) is 92.2 Å². The Kier molecular flexibility index (Phi) is 9.38. The van der Waals surface area contributed by atoms with E-state index in [1.807, 2.05) is 44.2 Å². The van der Waals surface area contributed by atoms with Crippen LogP contribution in [-0.4, -0.2) is 83.8 Å². The number of aromatic nitrogens is 1. The number of ether oxygens (including phenoxy) is 2. The Morgan fingerprint density at radius 2 is 2.00 bits per heavy atom. The minimum absolute atomic E-state index is 0.0486. The number of pyridine rings is 1. The summed E-state index contributed by atoms with van der Waals surface area (Å²) < 4.78 is 11.7. The Balaban J connectivity index is 1.58. The van der Waals surface area contributed by atoms with Crippen LogP contribution in [-0.2, 0) is 16.0 Å². The average Bonchev–Trinajstić information content (AvgIpc) is 2.95. The molecule has 2 aliphatic rings. The SMILES string of the molecule is C[C@@H]1CN([C@H](C)CO)C(=O)c2cc(C#CCc3ccccc3)cnc2O[C@@H]1CN(C)C(=O)C1CCOCC1. The first-order valence-corrected chi connectivity index (χ1v) is 13.3. The normalized spacial score (nSPS) is 20.7. The molecule has 0 aliphatic carbocycles. The van der Waals surface area contributed by atoms with E-state index in [4.69, 9.17) is 9.47 Å². The van der Waals surface area contributed by atoms with Gasteiger partial charge in [-0.05, 0) is 31.4 Å². The summed E-state index contributed by atoms with van der Waals surface area (Å²) in [6.07, 6.45) is 3.26. The summed E-state index contributed by atoms with van der Waals surface area (Å²) in [5.41, 5.74) is 2.04. The van der Waals surface area contributed by atoms with Crippen LogP contribution in [0.5, 0.6) is 5.88 Å². The zero-order chi connectivity index (χ0) is 27.1. The van der Waals surface area contributed by atoms with E-state index < -0.39 is 0 Å².